The molecule has 0 aromatic heterocycles. The number of hydrogen-bond acceptors (Lipinski definition) is 2. The molecular formula is C24H27BrN2O2. The highest BCUT2D eigenvalue weighted by Gasteiger charge is 2.44. The van der Waals surface area contributed by atoms with Crippen LogP contribution in [0, 0.1) is 5.92 Å². The molecule has 2 fully saturated rings. The number of carbonyl (C=O) groups is 2. The summed E-state index contributed by atoms with van der Waals surface area (Å²) in [7, 11) is 0. The molecular weight excluding hydrogens is 428 g/mol. The highest BCUT2D eigenvalue weighted by Crippen LogP contribution is 2.39. The predicted molar refractivity (Wildman–Crippen MR) is 119 cm³/mol. The Labute approximate surface area is 180 Å². The number of hydrogen-bond donors (Lipinski definition) is 1. The van der Waals surface area contributed by atoms with Crippen LogP contribution in [0.1, 0.15) is 50.0 Å². The van der Waals surface area contributed by atoms with Crippen molar-refractivity contribution < 1.29 is 9.59 Å². The van der Waals surface area contributed by atoms with Gasteiger partial charge in [-0.1, -0.05) is 65.5 Å². The number of nitrogens with zero attached hydrogens (tertiary/aromatic N) is 1. The standard InChI is InChI=1S/C24H27BrN2O2/c25-18-11-13-19(14-12-18)26-23(28)15-21-22(17-7-3-1-4-8-17)16-27(24(21)29)20-9-5-2-6-10-20/h1,3-4,7-8,11-14,20-22H,2,5-6,9-10,15-16H2,(H,26,28)/t21-,22-/m1/s1. The van der Waals surface area contributed by atoms with Gasteiger partial charge in [0.1, 0.15) is 0 Å². The maximum absolute atomic E-state index is 13.4. The van der Waals surface area contributed by atoms with Gasteiger partial charge in [0, 0.05) is 35.1 Å². The Hall–Kier alpha value is -2.14. The van der Waals surface area contributed by atoms with E-state index < -0.39 is 0 Å². The molecule has 1 aliphatic carbocycles. The minimum absolute atomic E-state index is 0.0706. The van der Waals surface area contributed by atoms with E-state index in [9.17, 15) is 9.59 Å². The summed E-state index contributed by atoms with van der Waals surface area (Å²) in [5, 5.41) is 2.95. The van der Waals surface area contributed by atoms with E-state index in [1.54, 1.807) is 0 Å². The fourth-order valence-electron chi connectivity index (χ4n) is 4.75. The number of nitrogens with one attached hydrogen (secondary N) is 1. The predicted octanol–water partition coefficient (Wildman–Crippen LogP) is 5.35. The Morgan fingerprint density at radius 3 is 2.38 bits per heavy atom. The molecule has 2 aromatic rings. The van der Waals surface area contributed by atoms with Gasteiger partial charge in [0.15, 0.2) is 0 Å². The number of rotatable bonds is 5. The summed E-state index contributed by atoms with van der Waals surface area (Å²) >= 11 is 3.41. The van der Waals surface area contributed by atoms with Crippen LogP contribution in [0.2, 0.25) is 0 Å². The van der Waals surface area contributed by atoms with E-state index in [1.165, 1.54) is 19.3 Å². The van der Waals surface area contributed by atoms with Gasteiger partial charge in [-0.25, -0.2) is 0 Å². The molecule has 2 atom stereocenters. The topological polar surface area (TPSA) is 49.4 Å². The summed E-state index contributed by atoms with van der Waals surface area (Å²) in [6, 6.07) is 18.1. The van der Waals surface area contributed by atoms with Crippen LogP contribution in [0.25, 0.3) is 0 Å². The fourth-order valence-corrected chi connectivity index (χ4v) is 5.01. The van der Waals surface area contributed by atoms with Crippen molar-refractivity contribution in [2.75, 3.05) is 11.9 Å². The van der Waals surface area contributed by atoms with Crippen LogP contribution in [0.15, 0.2) is 59.1 Å². The van der Waals surface area contributed by atoms with E-state index in [1.807, 2.05) is 42.5 Å². The number of halogens is 1. The lowest BCUT2D eigenvalue weighted by Gasteiger charge is -2.31. The molecule has 2 amide bonds. The van der Waals surface area contributed by atoms with Gasteiger partial charge >= 0.3 is 0 Å². The molecule has 0 unspecified atom stereocenters. The summed E-state index contributed by atoms with van der Waals surface area (Å²) in [4.78, 5) is 28.2. The second-order valence-electron chi connectivity index (χ2n) is 8.17. The highest BCUT2D eigenvalue weighted by molar-refractivity contribution is 9.10. The number of benzene rings is 2. The average molecular weight is 455 g/mol. The number of carbonyl (C=O) groups excluding carboxylic acids is 2. The molecule has 2 aliphatic rings. The van der Waals surface area contributed by atoms with E-state index in [0.717, 1.165) is 35.1 Å². The first-order valence-corrected chi connectivity index (χ1v) is 11.3. The Morgan fingerprint density at radius 1 is 1.00 bits per heavy atom. The third-order valence-corrected chi connectivity index (χ3v) is 6.78. The Balaban J connectivity index is 1.51. The van der Waals surface area contributed by atoms with Crippen molar-refractivity contribution >= 4 is 33.4 Å². The first-order chi connectivity index (χ1) is 14.1. The lowest BCUT2D eigenvalue weighted by Crippen LogP contribution is -2.39. The van der Waals surface area contributed by atoms with Crippen molar-refractivity contribution in [3.8, 4) is 0 Å². The first-order valence-electron chi connectivity index (χ1n) is 10.5. The van der Waals surface area contributed by atoms with Crippen LogP contribution >= 0.6 is 15.9 Å². The quantitative estimate of drug-likeness (QED) is 0.661. The van der Waals surface area contributed by atoms with Gasteiger partial charge in [-0.15, -0.1) is 0 Å². The zero-order valence-corrected chi connectivity index (χ0v) is 18.1. The Morgan fingerprint density at radius 2 is 1.69 bits per heavy atom. The minimum Gasteiger partial charge on any atom is -0.339 e. The lowest BCUT2D eigenvalue weighted by atomic mass is 9.86. The molecule has 29 heavy (non-hydrogen) atoms. The van der Waals surface area contributed by atoms with E-state index in [2.05, 4.69) is 38.3 Å². The molecule has 1 N–H and O–H groups in total. The molecule has 0 bridgehead atoms. The number of anilines is 1. The van der Waals surface area contributed by atoms with Crippen molar-refractivity contribution in [2.45, 2.75) is 50.5 Å². The molecule has 1 saturated carbocycles. The van der Waals surface area contributed by atoms with Gasteiger partial charge in [0.05, 0.1) is 5.92 Å². The molecule has 1 aliphatic heterocycles. The highest BCUT2D eigenvalue weighted by atomic mass is 79.9. The zero-order chi connectivity index (χ0) is 20.2. The number of likely N-dealkylation sites (tertiary alicyclic amines) is 1. The summed E-state index contributed by atoms with van der Waals surface area (Å²) in [6.45, 7) is 0.726. The maximum Gasteiger partial charge on any atom is 0.227 e. The van der Waals surface area contributed by atoms with Crippen LogP contribution in [0.5, 0.6) is 0 Å². The molecule has 4 rings (SSSR count). The maximum atomic E-state index is 13.4. The second kappa shape index (κ2) is 9.12. The van der Waals surface area contributed by atoms with Crippen molar-refractivity contribution in [2.24, 2.45) is 5.92 Å². The molecule has 1 saturated heterocycles. The van der Waals surface area contributed by atoms with Crippen molar-refractivity contribution in [1.82, 2.24) is 4.90 Å². The van der Waals surface area contributed by atoms with Gasteiger partial charge in [-0.2, -0.15) is 0 Å². The van der Waals surface area contributed by atoms with Crippen LogP contribution in [0.4, 0.5) is 5.69 Å². The van der Waals surface area contributed by atoms with Crippen LogP contribution in [0.3, 0.4) is 0 Å². The van der Waals surface area contributed by atoms with E-state index >= 15 is 0 Å². The molecule has 0 spiro atoms. The largest absolute Gasteiger partial charge is 0.339 e. The SMILES string of the molecule is O=C(C[C@H]1C(=O)N(C2CCCCC2)C[C@@H]1c1ccccc1)Nc1ccc(Br)cc1. The van der Waals surface area contributed by atoms with Gasteiger partial charge in [0.2, 0.25) is 11.8 Å². The summed E-state index contributed by atoms with van der Waals surface area (Å²) in [6.07, 6.45) is 6.05. The van der Waals surface area contributed by atoms with Crippen molar-refractivity contribution in [3.63, 3.8) is 0 Å². The lowest BCUT2D eigenvalue weighted by molar-refractivity contribution is -0.135. The summed E-state index contributed by atoms with van der Waals surface area (Å²) < 4.78 is 0.966. The molecule has 5 heteroatoms. The molecule has 152 valence electrons. The van der Waals surface area contributed by atoms with Gasteiger partial charge in [0.25, 0.3) is 0 Å². The van der Waals surface area contributed by atoms with E-state index in [-0.39, 0.29) is 30.1 Å². The minimum atomic E-state index is -0.297. The normalized spacial score (nSPS) is 22.7. The van der Waals surface area contributed by atoms with Crippen molar-refractivity contribution in [3.05, 3.63) is 64.6 Å². The van der Waals surface area contributed by atoms with Gasteiger partial charge in [-0.3, -0.25) is 9.59 Å². The number of amides is 2. The van der Waals surface area contributed by atoms with Crippen LogP contribution in [-0.2, 0) is 9.59 Å². The smallest absolute Gasteiger partial charge is 0.227 e. The monoisotopic (exact) mass is 454 g/mol. The van der Waals surface area contributed by atoms with Gasteiger partial charge < -0.3 is 10.2 Å². The van der Waals surface area contributed by atoms with Crippen molar-refractivity contribution in [1.29, 1.82) is 0 Å². The van der Waals surface area contributed by atoms with E-state index in [0.29, 0.717) is 6.04 Å². The molecule has 2 aromatic carbocycles. The first kappa shape index (κ1) is 20.1. The second-order valence-corrected chi connectivity index (χ2v) is 9.08. The van der Waals surface area contributed by atoms with E-state index in [4.69, 9.17) is 0 Å². The third-order valence-electron chi connectivity index (χ3n) is 6.26. The Bertz CT molecular complexity index is 847. The fraction of sp³-hybridized carbons (Fsp3) is 0.417. The molecule has 4 nitrogen and oxygen atoms in total. The summed E-state index contributed by atoms with van der Waals surface area (Å²) in [5.74, 6) is -0.176. The third kappa shape index (κ3) is 4.72. The molecule has 0 radical (unpaired) electrons. The average Bonchev–Trinajstić information content (AvgIpc) is 3.07. The van der Waals surface area contributed by atoms with Crippen LogP contribution < -0.4 is 5.32 Å². The van der Waals surface area contributed by atoms with Crippen LogP contribution in [-0.4, -0.2) is 29.3 Å². The van der Waals surface area contributed by atoms with Gasteiger partial charge in [-0.05, 0) is 42.7 Å². The Kier molecular flexibility index (Phi) is 6.34. The molecule has 1 heterocycles. The zero-order valence-electron chi connectivity index (χ0n) is 16.5. The summed E-state index contributed by atoms with van der Waals surface area (Å²) in [5.41, 5.74) is 1.91.